The highest BCUT2D eigenvalue weighted by atomic mass is 16.6. The van der Waals surface area contributed by atoms with E-state index in [0.717, 1.165) is 37.2 Å². The Morgan fingerprint density at radius 3 is 2.55 bits per heavy atom. The van der Waals surface area contributed by atoms with Crippen molar-refractivity contribution in [2.75, 3.05) is 0 Å². The maximum Gasteiger partial charge on any atom is 0.306 e. The van der Waals surface area contributed by atoms with Gasteiger partial charge in [0.25, 0.3) is 0 Å². The fourth-order valence-corrected chi connectivity index (χ4v) is 9.02. The fraction of sp³-hybridized carbons (Fsp3) is 0.741. The number of aliphatic hydroxyl groups is 2. The lowest BCUT2D eigenvalue weighted by Crippen LogP contribution is -2.72. The van der Waals surface area contributed by atoms with Crippen LogP contribution in [-0.4, -0.2) is 39.5 Å². The van der Waals surface area contributed by atoms with Crippen LogP contribution in [0.15, 0.2) is 28.2 Å². The van der Waals surface area contributed by atoms with Gasteiger partial charge >= 0.3 is 5.97 Å². The van der Waals surface area contributed by atoms with Gasteiger partial charge in [-0.15, -0.1) is 0 Å². The summed E-state index contributed by atoms with van der Waals surface area (Å²) in [5.74, 6) is 1.43. The van der Waals surface area contributed by atoms with E-state index < -0.39 is 22.7 Å². The number of ether oxygens (including phenoxy) is 1. The molecule has 1 spiro atoms. The van der Waals surface area contributed by atoms with Gasteiger partial charge in [-0.3, -0.25) is 4.79 Å². The van der Waals surface area contributed by atoms with Crippen molar-refractivity contribution < 1.29 is 24.2 Å². The molecule has 33 heavy (non-hydrogen) atoms. The molecule has 0 amide bonds. The third-order valence-corrected chi connectivity index (χ3v) is 10.8. The van der Waals surface area contributed by atoms with Gasteiger partial charge in [-0.2, -0.15) is 0 Å². The molecule has 6 nitrogen and oxygen atoms in total. The summed E-state index contributed by atoms with van der Waals surface area (Å²) in [6.07, 6.45) is 6.78. The van der Waals surface area contributed by atoms with E-state index in [-0.39, 0.29) is 35.2 Å². The Morgan fingerprint density at radius 1 is 1.09 bits per heavy atom. The molecule has 0 radical (unpaired) electrons. The lowest BCUT2D eigenvalue weighted by Gasteiger charge is -2.65. The number of aliphatic hydroxyl groups excluding tert-OH is 2. The van der Waals surface area contributed by atoms with Crippen LogP contribution in [0.5, 0.6) is 0 Å². The summed E-state index contributed by atoms with van der Waals surface area (Å²) in [5.41, 5.74) is 6.84. The van der Waals surface area contributed by atoms with E-state index in [1.54, 1.807) is 0 Å². The van der Waals surface area contributed by atoms with Crippen LogP contribution in [0, 0.1) is 29.6 Å². The number of carbonyl (C=O) groups is 1. The van der Waals surface area contributed by atoms with E-state index in [4.69, 9.17) is 14.9 Å². The Bertz CT molecular complexity index is 1030. The van der Waals surface area contributed by atoms with Gasteiger partial charge in [-0.05, 0) is 81.3 Å². The minimum Gasteiger partial charge on any atom is -0.466 e. The zero-order valence-electron chi connectivity index (χ0n) is 20.0. The molecule has 0 bridgehead atoms. The maximum absolute atomic E-state index is 12.3. The van der Waals surface area contributed by atoms with Crippen LogP contribution in [0.3, 0.4) is 0 Å². The van der Waals surface area contributed by atoms with Crippen molar-refractivity contribution in [2.45, 2.75) is 101 Å². The number of furan rings is 1. The second-order valence-electron chi connectivity index (χ2n) is 12.1. The number of fused-ring (bicyclic) bond motifs is 6. The van der Waals surface area contributed by atoms with Crippen molar-refractivity contribution in [3.8, 4) is 0 Å². The minimum atomic E-state index is -0.603. The summed E-state index contributed by atoms with van der Waals surface area (Å²) in [6.45, 7) is 6.38. The van der Waals surface area contributed by atoms with E-state index in [1.807, 2.05) is 19.1 Å². The van der Waals surface area contributed by atoms with Crippen LogP contribution >= 0.6 is 0 Å². The van der Waals surface area contributed by atoms with Crippen molar-refractivity contribution in [3.05, 3.63) is 35.3 Å². The van der Waals surface area contributed by atoms with Gasteiger partial charge in [0, 0.05) is 23.3 Å². The molecule has 3 saturated carbocycles. The average Bonchev–Trinajstić information content (AvgIpc) is 3.41. The van der Waals surface area contributed by atoms with Crippen molar-refractivity contribution in [1.29, 1.82) is 0 Å². The maximum atomic E-state index is 12.3. The van der Waals surface area contributed by atoms with Gasteiger partial charge in [0.1, 0.15) is 17.1 Å². The smallest absolute Gasteiger partial charge is 0.306 e. The molecule has 1 aromatic heterocycles. The number of nitrogens with two attached hydrogens (primary N) is 1. The Hall–Kier alpha value is -1.63. The summed E-state index contributed by atoms with van der Waals surface area (Å²) in [4.78, 5) is 12.3. The SMILES string of the molecule is Cc1ccc([C@@H]2C=C3C[C@@H](O)CCC3(C)C3[C@H](O)CC4(C)C5(CCC(=O)O5)CC[C@@]4(N)[C@@H]32)o1. The summed E-state index contributed by atoms with van der Waals surface area (Å²) in [6, 6.07) is 4.03. The molecule has 4 unspecified atom stereocenters. The van der Waals surface area contributed by atoms with E-state index >= 15 is 0 Å². The van der Waals surface area contributed by atoms with Gasteiger partial charge in [0.2, 0.25) is 0 Å². The summed E-state index contributed by atoms with van der Waals surface area (Å²) >= 11 is 0. The van der Waals surface area contributed by atoms with Gasteiger partial charge in [-0.25, -0.2) is 0 Å². The molecule has 1 aliphatic heterocycles. The topological polar surface area (TPSA) is 106 Å². The molecule has 2 heterocycles. The second-order valence-corrected chi connectivity index (χ2v) is 12.1. The lowest BCUT2D eigenvalue weighted by molar-refractivity contribution is -0.191. The zero-order chi connectivity index (χ0) is 23.4. The van der Waals surface area contributed by atoms with Gasteiger partial charge in [-0.1, -0.05) is 25.5 Å². The van der Waals surface area contributed by atoms with E-state index in [2.05, 4.69) is 19.9 Å². The van der Waals surface area contributed by atoms with Gasteiger partial charge in [0.05, 0.1) is 12.2 Å². The molecular weight excluding hydrogens is 418 g/mol. The average molecular weight is 456 g/mol. The summed E-state index contributed by atoms with van der Waals surface area (Å²) < 4.78 is 12.2. The number of carbonyl (C=O) groups excluding carboxylic acids is 1. The number of allylic oxidation sites excluding steroid dienone is 1. The first-order valence-electron chi connectivity index (χ1n) is 12.7. The van der Waals surface area contributed by atoms with Crippen LogP contribution in [0.25, 0.3) is 0 Å². The molecule has 9 atom stereocenters. The molecule has 6 heteroatoms. The Balaban J connectivity index is 1.54. The van der Waals surface area contributed by atoms with E-state index in [1.165, 1.54) is 5.57 Å². The Kier molecular flexibility index (Phi) is 4.46. The Labute approximate surface area is 195 Å². The van der Waals surface area contributed by atoms with E-state index in [0.29, 0.717) is 25.7 Å². The van der Waals surface area contributed by atoms with Crippen LogP contribution < -0.4 is 5.73 Å². The van der Waals surface area contributed by atoms with Crippen molar-refractivity contribution in [2.24, 2.45) is 28.4 Å². The highest BCUT2D eigenvalue weighted by Crippen LogP contribution is 2.72. The predicted octanol–water partition coefficient (Wildman–Crippen LogP) is 3.73. The molecule has 4 aliphatic carbocycles. The molecule has 1 saturated heterocycles. The predicted molar refractivity (Wildman–Crippen MR) is 122 cm³/mol. The zero-order valence-corrected chi connectivity index (χ0v) is 20.0. The third kappa shape index (κ3) is 2.63. The molecule has 4 fully saturated rings. The lowest BCUT2D eigenvalue weighted by atomic mass is 9.41. The third-order valence-electron chi connectivity index (χ3n) is 10.8. The van der Waals surface area contributed by atoms with Crippen molar-refractivity contribution in [1.82, 2.24) is 0 Å². The standard InChI is InChI=1S/C27H37NO5/c1-15-4-5-20(32-15)18-13-16-12-17(29)6-8-24(16,2)23-19(30)14-25(3)26(9-7-21(31)33-26)10-11-27(25,28)22(18)23/h4-5,13,17-19,22-23,29-30H,6-12,14,28H2,1-3H3/t17-,18-,19+,22+,23?,24?,25?,26?,27+/m0/s1. The van der Waals surface area contributed by atoms with Gasteiger partial charge < -0.3 is 25.1 Å². The first-order chi connectivity index (χ1) is 15.5. The van der Waals surface area contributed by atoms with Crippen LogP contribution in [0.2, 0.25) is 0 Å². The first-order valence-corrected chi connectivity index (χ1v) is 12.7. The molecule has 180 valence electrons. The second kappa shape index (κ2) is 6.73. The number of rotatable bonds is 1. The van der Waals surface area contributed by atoms with Crippen LogP contribution in [0.1, 0.15) is 82.7 Å². The molecule has 4 N–H and O–H groups in total. The van der Waals surface area contributed by atoms with Crippen LogP contribution in [-0.2, 0) is 9.53 Å². The summed E-state index contributed by atoms with van der Waals surface area (Å²) in [5, 5.41) is 22.4. The first kappa shape index (κ1) is 21.9. The monoisotopic (exact) mass is 455 g/mol. The van der Waals surface area contributed by atoms with Crippen molar-refractivity contribution >= 4 is 5.97 Å². The van der Waals surface area contributed by atoms with Crippen molar-refractivity contribution in [3.63, 3.8) is 0 Å². The number of aryl methyl sites for hydroxylation is 1. The molecule has 1 aromatic rings. The molecule has 6 rings (SSSR count). The number of hydrogen-bond donors (Lipinski definition) is 3. The number of hydrogen-bond acceptors (Lipinski definition) is 6. The minimum absolute atomic E-state index is 0.0364. The van der Waals surface area contributed by atoms with Crippen LogP contribution in [0.4, 0.5) is 0 Å². The van der Waals surface area contributed by atoms with E-state index in [9.17, 15) is 15.0 Å². The molecule has 5 aliphatic rings. The fourth-order valence-electron chi connectivity index (χ4n) is 9.02. The highest BCUT2D eigenvalue weighted by molar-refractivity contribution is 5.72. The quantitative estimate of drug-likeness (QED) is 0.440. The Morgan fingerprint density at radius 2 is 1.88 bits per heavy atom. The molecule has 0 aromatic carbocycles. The van der Waals surface area contributed by atoms with Gasteiger partial charge in [0.15, 0.2) is 0 Å². The largest absolute Gasteiger partial charge is 0.466 e. The normalized spacial score (nSPS) is 51.0. The summed E-state index contributed by atoms with van der Waals surface area (Å²) in [7, 11) is 0. The number of esters is 1. The molecular formula is C27H37NO5. The highest BCUT2D eigenvalue weighted by Gasteiger charge is 2.75.